The van der Waals surface area contributed by atoms with Gasteiger partial charge >= 0.3 is 0 Å². The molecule has 9 heteroatoms. The van der Waals surface area contributed by atoms with Crippen LogP contribution in [-0.4, -0.2) is 38.9 Å². The van der Waals surface area contributed by atoms with Gasteiger partial charge in [-0.25, -0.2) is 5.43 Å². The molecule has 0 bridgehead atoms. The molecule has 2 rings (SSSR count). The van der Waals surface area contributed by atoms with Crippen molar-refractivity contribution in [1.29, 1.82) is 0 Å². The number of benzene rings is 2. The Balaban J connectivity index is 1.83. The number of nitrogens with one attached hydrogen (secondary N) is 2. The van der Waals surface area contributed by atoms with Gasteiger partial charge in [0, 0.05) is 18.5 Å². The number of halogens is 1. The summed E-state index contributed by atoms with van der Waals surface area (Å²) in [6.45, 7) is 2.43. The van der Waals surface area contributed by atoms with E-state index in [1.807, 2.05) is 13.0 Å². The van der Waals surface area contributed by atoms with Crippen LogP contribution in [0.15, 0.2) is 41.5 Å². The Morgan fingerprint density at radius 1 is 1.07 bits per heavy atom. The van der Waals surface area contributed by atoms with Crippen LogP contribution < -0.4 is 25.0 Å². The van der Waals surface area contributed by atoms with E-state index < -0.39 is 0 Å². The molecule has 0 radical (unpaired) electrons. The van der Waals surface area contributed by atoms with Gasteiger partial charge < -0.3 is 19.5 Å². The molecule has 2 aromatic rings. The third kappa shape index (κ3) is 7.21. The Morgan fingerprint density at radius 2 is 1.77 bits per heavy atom. The molecule has 0 fully saturated rings. The maximum absolute atomic E-state index is 12.0. The van der Waals surface area contributed by atoms with E-state index in [9.17, 15) is 9.59 Å². The summed E-state index contributed by atoms with van der Waals surface area (Å²) in [5.41, 5.74) is 3.81. The number of hydrazone groups is 1. The maximum Gasteiger partial charge on any atom is 0.240 e. The summed E-state index contributed by atoms with van der Waals surface area (Å²) in [5, 5.41) is 6.67. The van der Waals surface area contributed by atoms with Gasteiger partial charge in [-0.1, -0.05) is 0 Å². The van der Waals surface area contributed by atoms with Crippen LogP contribution in [0.4, 0.5) is 5.69 Å². The second-order valence-corrected chi connectivity index (χ2v) is 7.20. The molecule has 0 aromatic heterocycles. The molecular formula is C21H24IN3O5. The van der Waals surface area contributed by atoms with E-state index in [-0.39, 0.29) is 24.7 Å². The molecule has 160 valence electrons. The van der Waals surface area contributed by atoms with E-state index in [0.29, 0.717) is 29.5 Å². The molecule has 2 aromatic carbocycles. The molecule has 0 atom stereocenters. The SMILES string of the molecule is CCOc1c(I)cc(C=NNC(=O)CCC(=O)Nc2ccc(OC)cc2)cc1OC. The van der Waals surface area contributed by atoms with Crippen molar-refractivity contribution in [3.05, 3.63) is 45.5 Å². The van der Waals surface area contributed by atoms with Crippen molar-refractivity contribution in [3.8, 4) is 17.2 Å². The van der Waals surface area contributed by atoms with Gasteiger partial charge in [0.1, 0.15) is 5.75 Å². The second-order valence-electron chi connectivity index (χ2n) is 6.04. The third-order valence-electron chi connectivity index (χ3n) is 3.90. The number of anilines is 1. The Bertz CT molecular complexity index is 900. The highest BCUT2D eigenvalue weighted by Crippen LogP contribution is 2.33. The van der Waals surface area contributed by atoms with Gasteiger partial charge in [0.15, 0.2) is 11.5 Å². The zero-order valence-corrected chi connectivity index (χ0v) is 19.2. The molecule has 30 heavy (non-hydrogen) atoms. The zero-order chi connectivity index (χ0) is 21.9. The summed E-state index contributed by atoms with van der Waals surface area (Å²) in [6, 6.07) is 10.6. The molecule has 0 spiro atoms. The number of amides is 2. The summed E-state index contributed by atoms with van der Waals surface area (Å²) in [7, 11) is 3.13. The Morgan fingerprint density at radius 3 is 2.40 bits per heavy atom. The largest absolute Gasteiger partial charge is 0.497 e. The lowest BCUT2D eigenvalue weighted by atomic mass is 10.2. The average molecular weight is 525 g/mol. The van der Waals surface area contributed by atoms with Gasteiger partial charge in [-0.3, -0.25) is 9.59 Å². The topological polar surface area (TPSA) is 98.2 Å². The quantitative estimate of drug-likeness (QED) is 0.281. The van der Waals surface area contributed by atoms with Crippen molar-refractivity contribution < 1.29 is 23.8 Å². The van der Waals surface area contributed by atoms with Gasteiger partial charge in [-0.15, -0.1) is 0 Å². The number of ether oxygens (including phenoxy) is 3. The summed E-state index contributed by atoms with van der Waals surface area (Å²) < 4.78 is 16.9. The van der Waals surface area contributed by atoms with E-state index in [1.54, 1.807) is 44.6 Å². The monoisotopic (exact) mass is 525 g/mol. The zero-order valence-electron chi connectivity index (χ0n) is 17.0. The number of carbonyl (C=O) groups is 2. The molecule has 0 aliphatic rings. The number of hydrogen-bond acceptors (Lipinski definition) is 6. The van der Waals surface area contributed by atoms with Crippen molar-refractivity contribution in [3.63, 3.8) is 0 Å². The highest BCUT2D eigenvalue weighted by Gasteiger charge is 2.11. The first-order valence-electron chi connectivity index (χ1n) is 9.23. The first-order chi connectivity index (χ1) is 14.5. The summed E-state index contributed by atoms with van der Waals surface area (Å²) in [4.78, 5) is 23.9. The van der Waals surface area contributed by atoms with Gasteiger partial charge in [0.2, 0.25) is 11.8 Å². The Labute approximate surface area is 189 Å². The fourth-order valence-electron chi connectivity index (χ4n) is 2.46. The number of hydrogen-bond donors (Lipinski definition) is 2. The molecule has 0 aliphatic heterocycles. The van der Waals surface area contributed by atoms with Crippen LogP contribution in [0.3, 0.4) is 0 Å². The molecule has 8 nitrogen and oxygen atoms in total. The lowest BCUT2D eigenvalue weighted by Crippen LogP contribution is -2.20. The molecular weight excluding hydrogens is 501 g/mol. The highest BCUT2D eigenvalue weighted by atomic mass is 127. The molecule has 0 saturated carbocycles. The second kappa shape index (κ2) is 12.0. The van der Waals surface area contributed by atoms with Gasteiger partial charge in [0.25, 0.3) is 0 Å². The first-order valence-corrected chi connectivity index (χ1v) is 10.3. The molecule has 2 N–H and O–H groups in total. The van der Waals surface area contributed by atoms with Crippen LogP contribution in [0, 0.1) is 3.57 Å². The Hall–Kier alpha value is -2.82. The predicted octanol–water partition coefficient (Wildman–Crippen LogP) is 3.58. The van der Waals surface area contributed by atoms with Crippen molar-refractivity contribution in [2.75, 3.05) is 26.1 Å². The molecule has 0 saturated heterocycles. The number of methoxy groups -OCH3 is 2. The van der Waals surface area contributed by atoms with Gasteiger partial charge in [0.05, 0.1) is 30.6 Å². The summed E-state index contributed by atoms with van der Waals surface area (Å²) in [6.07, 6.45) is 1.57. The van der Waals surface area contributed by atoms with Crippen LogP contribution in [-0.2, 0) is 9.59 Å². The standard InChI is InChI=1S/C21H24IN3O5/c1-4-30-21-17(22)11-14(12-18(21)29-3)13-23-25-20(27)10-9-19(26)24-15-5-7-16(28-2)8-6-15/h5-8,11-13H,4,9-10H2,1-3H3,(H,24,26)(H,25,27). The number of carbonyl (C=O) groups excluding carboxylic acids is 2. The number of rotatable bonds is 10. The average Bonchev–Trinajstić information content (AvgIpc) is 2.74. The van der Waals surface area contributed by atoms with Crippen LogP contribution >= 0.6 is 22.6 Å². The first kappa shape index (κ1) is 23.5. The minimum absolute atomic E-state index is 0.0173. The highest BCUT2D eigenvalue weighted by molar-refractivity contribution is 14.1. The van der Waals surface area contributed by atoms with Crippen molar-refractivity contribution >= 4 is 46.3 Å². The lowest BCUT2D eigenvalue weighted by molar-refractivity contribution is -0.124. The summed E-state index contributed by atoms with van der Waals surface area (Å²) >= 11 is 2.15. The maximum atomic E-state index is 12.0. The third-order valence-corrected chi connectivity index (χ3v) is 4.70. The van der Waals surface area contributed by atoms with Crippen LogP contribution in [0.2, 0.25) is 0 Å². The van der Waals surface area contributed by atoms with Gasteiger partial charge in [-0.2, -0.15) is 5.10 Å². The molecule has 2 amide bonds. The molecule has 0 heterocycles. The number of nitrogens with zero attached hydrogens (tertiary/aromatic N) is 1. The van der Waals surface area contributed by atoms with Crippen LogP contribution in [0.5, 0.6) is 17.2 Å². The summed E-state index contributed by atoms with van der Waals surface area (Å²) in [5.74, 6) is 1.34. The van der Waals surface area contributed by atoms with E-state index in [0.717, 1.165) is 9.13 Å². The van der Waals surface area contributed by atoms with E-state index in [4.69, 9.17) is 14.2 Å². The normalized spacial score (nSPS) is 10.5. The fourth-order valence-corrected chi connectivity index (χ4v) is 3.24. The minimum atomic E-state index is -0.358. The minimum Gasteiger partial charge on any atom is -0.497 e. The smallest absolute Gasteiger partial charge is 0.240 e. The van der Waals surface area contributed by atoms with E-state index in [2.05, 4.69) is 38.4 Å². The fraction of sp³-hybridized carbons (Fsp3) is 0.286. The lowest BCUT2D eigenvalue weighted by Gasteiger charge is -2.12. The van der Waals surface area contributed by atoms with Crippen molar-refractivity contribution in [2.45, 2.75) is 19.8 Å². The van der Waals surface area contributed by atoms with Gasteiger partial charge in [-0.05, 0) is 71.5 Å². The van der Waals surface area contributed by atoms with Crippen molar-refractivity contribution in [1.82, 2.24) is 5.43 Å². The van der Waals surface area contributed by atoms with Crippen molar-refractivity contribution in [2.24, 2.45) is 5.10 Å². The predicted molar refractivity (Wildman–Crippen MR) is 123 cm³/mol. The van der Waals surface area contributed by atoms with Crippen LogP contribution in [0.1, 0.15) is 25.3 Å². The van der Waals surface area contributed by atoms with E-state index in [1.165, 1.54) is 6.21 Å². The van der Waals surface area contributed by atoms with E-state index >= 15 is 0 Å². The molecule has 0 aliphatic carbocycles. The van der Waals surface area contributed by atoms with Crippen LogP contribution in [0.25, 0.3) is 0 Å². The molecule has 0 unspecified atom stereocenters. The Kier molecular flexibility index (Phi) is 9.39.